The van der Waals surface area contributed by atoms with E-state index in [1.54, 1.807) is 18.8 Å². The highest BCUT2D eigenvalue weighted by molar-refractivity contribution is 5.41. The predicted octanol–water partition coefficient (Wildman–Crippen LogP) is 2.61. The highest BCUT2D eigenvalue weighted by Gasteiger charge is 2.23. The Hall–Kier alpha value is -2.01. The molecule has 0 radical (unpaired) electrons. The van der Waals surface area contributed by atoms with Crippen LogP contribution >= 0.6 is 0 Å². The summed E-state index contributed by atoms with van der Waals surface area (Å²) in [7, 11) is 3.37. The maximum atomic E-state index is 10.7. The summed E-state index contributed by atoms with van der Waals surface area (Å²) in [5, 5.41) is 15.0. The van der Waals surface area contributed by atoms with Gasteiger partial charge in [-0.3, -0.25) is 0 Å². The van der Waals surface area contributed by atoms with Gasteiger partial charge in [0, 0.05) is 7.05 Å². The van der Waals surface area contributed by atoms with Crippen LogP contribution in [0.1, 0.15) is 36.8 Å². The number of aliphatic hydroxyl groups excluding tert-OH is 1. The van der Waals surface area contributed by atoms with Crippen LogP contribution in [0.5, 0.6) is 11.6 Å². The number of aryl methyl sites for hydroxylation is 2. The van der Waals surface area contributed by atoms with Gasteiger partial charge in [0.2, 0.25) is 5.88 Å². The first-order chi connectivity index (χ1) is 9.93. The average Bonchev–Trinajstić information content (AvgIpc) is 2.71. The molecule has 0 saturated carbocycles. The monoisotopic (exact) mass is 290 g/mol. The number of benzene rings is 1. The molecule has 1 atom stereocenters. The molecule has 5 nitrogen and oxygen atoms in total. The first-order valence-electron chi connectivity index (χ1n) is 6.96. The van der Waals surface area contributed by atoms with E-state index in [9.17, 15) is 5.11 Å². The van der Waals surface area contributed by atoms with Crippen molar-refractivity contribution >= 4 is 0 Å². The first-order valence-corrected chi connectivity index (χ1v) is 6.96. The van der Waals surface area contributed by atoms with Gasteiger partial charge in [0.25, 0.3) is 0 Å². The Morgan fingerprint density at radius 1 is 1.29 bits per heavy atom. The molecule has 0 saturated heterocycles. The van der Waals surface area contributed by atoms with Crippen molar-refractivity contribution in [3.8, 4) is 11.6 Å². The molecule has 0 aliphatic carbocycles. The Labute approximate surface area is 125 Å². The Morgan fingerprint density at radius 2 is 2.00 bits per heavy atom. The number of aromatic nitrogens is 2. The van der Waals surface area contributed by atoms with Crippen LogP contribution in [-0.4, -0.2) is 28.1 Å². The smallest absolute Gasteiger partial charge is 0.217 e. The summed E-state index contributed by atoms with van der Waals surface area (Å²) >= 11 is 0. The molecular weight excluding hydrogens is 268 g/mol. The molecule has 0 aliphatic rings. The van der Waals surface area contributed by atoms with Gasteiger partial charge in [-0.25, -0.2) is 4.68 Å². The molecule has 1 N–H and O–H groups in total. The van der Waals surface area contributed by atoms with E-state index in [1.807, 2.05) is 45.0 Å². The molecule has 1 aromatic heterocycles. The van der Waals surface area contributed by atoms with Gasteiger partial charge in [0.15, 0.2) is 0 Å². The van der Waals surface area contributed by atoms with E-state index in [1.165, 1.54) is 0 Å². The van der Waals surface area contributed by atoms with Crippen LogP contribution in [0, 0.1) is 6.92 Å². The van der Waals surface area contributed by atoms with Crippen LogP contribution in [0.3, 0.4) is 0 Å². The van der Waals surface area contributed by atoms with E-state index in [0.29, 0.717) is 11.4 Å². The van der Waals surface area contributed by atoms with Gasteiger partial charge in [-0.1, -0.05) is 12.1 Å². The number of nitrogens with zero attached hydrogens (tertiary/aromatic N) is 2. The van der Waals surface area contributed by atoms with Gasteiger partial charge in [-0.05, 0) is 38.5 Å². The first kappa shape index (κ1) is 15.4. The number of aliphatic hydroxyl groups is 1. The van der Waals surface area contributed by atoms with E-state index in [0.717, 1.165) is 17.0 Å². The SMILES string of the molecule is COc1c(C(O)c2cccc(OC(C)C)c2)c(C)nn1C. The minimum Gasteiger partial charge on any atom is -0.491 e. The summed E-state index contributed by atoms with van der Waals surface area (Å²) in [5.41, 5.74) is 2.18. The van der Waals surface area contributed by atoms with Crippen molar-refractivity contribution in [2.75, 3.05) is 7.11 Å². The molecule has 1 aromatic carbocycles. The maximum absolute atomic E-state index is 10.7. The van der Waals surface area contributed by atoms with Gasteiger partial charge in [0.05, 0.1) is 24.5 Å². The zero-order chi connectivity index (χ0) is 15.6. The second-order valence-corrected chi connectivity index (χ2v) is 5.27. The van der Waals surface area contributed by atoms with Gasteiger partial charge in [-0.15, -0.1) is 0 Å². The Morgan fingerprint density at radius 3 is 2.62 bits per heavy atom. The average molecular weight is 290 g/mol. The summed E-state index contributed by atoms with van der Waals surface area (Å²) < 4.78 is 12.6. The fourth-order valence-electron chi connectivity index (χ4n) is 2.41. The molecule has 2 aromatic rings. The minimum atomic E-state index is -0.802. The number of rotatable bonds is 5. The second-order valence-electron chi connectivity index (χ2n) is 5.27. The lowest BCUT2D eigenvalue weighted by Gasteiger charge is -2.15. The van der Waals surface area contributed by atoms with Crippen molar-refractivity contribution < 1.29 is 14.6 Å². The van der Waals surface area contributed by atoms with Crippen LogP contribution in [0.2, 0.25) is 0 Å². The van der Waals surface area contributed by atoms with E-state index in [4.69, 9.17) is 9.47 Å². The second kappa shape index (κ2) is 6.18. The molecule has 1 heterocycles. The Kier molecular flexibility index (Phi) is 4.53. The third kappa shape index (κ3) is 3.19. The van der Waals surface area contributed by atoms with Gasteiger partial charge < -0.3 is 14.6 Å². The third-order valence-corrected chi connectivity index (χ3v) is 3.23. The molecule has 5 heteroatoms. The molecule has 21 heavy (non-hydrogen) atoms. The number of ether oxygens (including phenoxy) is 2. The van der Waals surface area contributed by atoms with E-state index < -0.39 is 6.10 Å². The number of hydrogen-bond donors (Lipinski definition) is 1. The van der Waals surface area contributed by atoms with Crippen molar-refractivity contribution in [3.05, 3.63) is 41.1 Å². The molecular formula is C16H22N2O3. The maximum Gasteiger partial charge on any atom is 0.217 e. The summed E-state index contributed by atoms with van der Waals surface area (Å²) in [5.74, 6) is 1.30. The normalized spacial score (nSPS) is 12.5. The van der Waals surface area contributed by atoms with Crippen LogP contribution in [0.15, 0.2) is 24.3 Å². The fourth-order valence-corrected chi connectivity index (χ4v) is 2.41. The van der Waals surface area contributed by atoms with Crippen molar-refractivity contribution in [1.29, 1.82) is 0 Å². The molecule has 0 bridgehead atoms. The molecule has 0 spiro atoms. The number of hydrogen-bond acceptors (Lipinski definition) is 4. The predicted molar refractivity (Wildman–Crippen MR) is 80.8 cm³/mol. The topological polar surface area (TPSA) is 56.5 Å². The molecule has 0 aliphatic heterocycles. The van der Waals surface area contributed by atoms with E-state index in [2.05, 4.69) is 5.10 Å². The van der Waals surface area contributed by atoms with Crippen LogP contribution in [0.25, 0.3) is 0 Å². The third-order valence-electron chi connectivity index (χ3n) is 3.23. The van der Waals surface area contributed by atoms with Crippen molar-refractivity contribution in [2.45, 2.75) is 33.0 Å². The van der Waals surface area contributed by atoms with Crippen LogP contribution in [0.4, 0.5) is 0 Å². The highest BCUT2D eigenvalue weighted by atomic mass is 16.5. The summed E-state index contributed by atoms with van der Waals surface area (Å²) in [4.78, 5) is 0. The number of methoxy groups -OCH3 is 1. The molecule has 0 fully saturated rings. The highest BCUT2D eigenvalue weighted by Crippen LogP contribution is 2.33. The van der Waals surface area contributed by atoms with Crippen molar-refractivity contribution in [3.63, 3.8) is 0 Å². The fraction of sp³-hybridized carbons (Fsp3) is 0.438. The Bertz CT molecular complexity index is 620. The molecule has 1 unspecified atom stereocenters. The molecule has 2 rings (SSSR count). The lowest BCUT2D eigenvalue weighted by Crippen LogP contribution is -2.07. The lowest BCUT2D eigenvalue weighted by atomic mass is 10.0. The van der Waals surface area contributed by atoms with Gasteiger partial charge in [-0.2, -0.15) is 5.10 Å². The lowest BCUT2D eigenvalue weighted by molar-refractivity contribution is 0.210. The zero-order valence-corrected chi connectivity index (χ0v) is 13.1. The summed E-state index contributed by atoms with van der Waals surface area (Å²) in [6, 6.07) is 7.46. The van der Waals surface area contributed by atoms with Crippen molar-refractivity contribution in [2.24, 2.45) is 7.05 Å². The minimum absolute atomic E-state index is 0.0899. The quantitative estimate of drug-likeness (QED) is 0.919. The summed E-state index contributed by atoms with van der Waals surface area (Å²) in [6.07, 6.45) is -0.712. The van der Waals surface area contributed by atoms with E-state index in [-0.39, 0.29) is 6.10 Å². The molecule has 0 amide bonds. The Balaban J connectivity index is 2.38. The standard InChI is InChI=1S/C16H22N2O3/c1-10(2)21-13-8-6-7-12(9-13)15(19)14-11(3)17-18(4)16(14)20-5/h6-10,15,19H,1-5H3. The van der Waals surface area contributed by atoms with Gasteiger partial charge >= 0.3 is 0 Å². The summed E-state index contributed by atoms with van der Waals surface area (Å²) in [6.45, 7) is 5.80. The van der Waals surface area contributed by atoms with Gasteiger partial charge in [0.1, 0.15) is 11.9 Å². The largest absolute Gasteiger partial charge is 0.491 e. The zero-order valence-electron chi connectivity index (χ0n) is 13.1. The van der Waals surface area contributed by atoms with Crippen LogP contribution < -0.4 is 9.47 Å². The van der Waals surface area contributed by atoms with Crippen molar-refractivity contribution in [1.82, 2.24) is 9.78 Å². The van der Waals surface area contributed by atoms with Crippen LogP contribution in [-0.2, 0) is 7.05 Å². The van der Waals surface area contributed by atoms with E-state index >= 15 is 0 Å². The molecule has 114 valence electrons.